The topological polar surface area (TPSA) is 52.0 Å². The average molecular weight is 270 g/mol. The van der Waals surface area contributed by atoms with Crippen LogP contribution in [0.2, 0.25) is 0 Å². The Balaban J connectivity index is 2.47. The second kappa shape index (κ2) is 4.46. The molecule has 2 nitrogen and oxygen atoms in total. The Hall–Kier alpha value is -2.24. The first-order chi connectivity index (χ1) is 8.79. The number of anilines is 2. The summed E-state index contributed by atoms with van der Waals surface area (Å²) in [6, 6.07) is 7.28. The van der Waals surface area contributed by atoms with Crippen LogP contribution < -0.4 is 11.5 Å². The molecule has 0 aromatic heterocycles. The number of nitrogen functional groups attached to an aromatic ring is 2. The van der Waals surface area contributed by atoms with E-state index in [1.807, 2.05) is 0 Å². The molecule has 0 radical (unpaired) electrons. The van der Waals surface area contributed by atoms with Crippen LogP contribution >= 0.6 is 0 Å². The summed E-state index contributed by atoms with van der Waals surface area (Å²) in [5, 5.41) is 0. The van der Waals surface area contributed by atoms with Crippen LogP contribution in [0, 0.1) is 5.82 Å². The van der Waals surface area contributed by atoms with Crippen molar-refractivity contribution in [3.63, 3.8) is 0 Å². The van der Waals surface area contributed by atoms with Crippen molar-refractivity contribution >= 4 is 11.4 Å². The fourth-order valence-corrected chi connectivity index (χ4v) is 1.68. The van der Waals surface area contributed by atoms with Crippen molar-refractivity contribution in [3.8, 4) is 11.1 Å². The van der Waals surface area contributed by atoms with Crippen molar-refractivity contribution in [1.29, 1.82) is 0 Å². The van der Waals surface area contributed by atoms with E-state index in [-0.39, 0.29) is 5.69 Å². The smallest absolute Gasteiger partial charge is 0.397 e. The van der Waals surface area contributed by atoms with Crippen LogP contribution in [0.25, 0.3) is 11.1 Å². The van der Waals surface area contributed by atoms with Gasteiger partial charge in [0.2, 0.25) is 0 Å². The van der Waals surface area contributed by atoms with E-state index in [4.69, 9.17) is 11.5 Å². The number of hydrogen-bond acceptors (Lipinski definition) is 2. The van der Waals surface area contributed by atoms with Gasteiger partial charge in [0.1, 0.15) is 5.82 Å². The predicted molar refractivity (Wildman–Crippen MR) is 65.7 cm³/mol. The zero-order chi connectivity index (χ0) is 14.2. The molecule has 4 N–H and O–H groups in total. The summed E-state index contributed by atoms with van der Waals surface area (Å²) in [6.45, 7) is 0. The van der Waals surface area contributed by atoms with Gasteiger partial charge in [-0.25, -0.2) is 4.39 Å². The lowest BCUT2D eigenvalue weighted by atomic mass is 10.0. The van der Waals surface area contributed by atoms with Crippen LogP contribution in [-0.2, 0) is 6.18 Å². The van der Waals surface area contributed by atoms with Crippen LogP contribution in [0.3, 0.4) is 0 Å². The van der Waals surface area contributed by atoms with Crippen LogP contribution in [0.15, 0.2) is 36.4 Å². The minimum absolute atomic E-state index is 0.290. The third-order valence-corrected chi connectivity index (χ3v) is 2.69. The first-order valence-corrected chi connectivity index (χ1v) is 5.31. The van der Waals surface area contributed by atoms with Crippen LogP contribution in [0.5, 0.6) is 0 Å². The SMILES string of the molecule is Nc1ccc(-c2ccc(C(F)(F)F)c(F)c2)cc1N. The Labute approximate surface area is 106 Å². The number of halogens is 4. The molecule has 100 valence electrons. The first kappa shape index (κ1) is 13.2. The summed E-state index contributed by atoms with van der Waals surface area (Å²) in [5.41, 5.74) is 11.3. The van der Waals surface area contributed by atoms with E-state index in [9.17, 15) is 17.6 Å². The summed E-state index contributed by atoms with van der Waals surface area (Å²) < 4.78 is 50.7. The molecule has 0 spiro atoms. The number of nitrogens with two attached hydrogens (primary N) is 2. The van der Waals surface area contributed by atoms with E-state index in [0.717, 1.165) is 6.07 Å². The minimum atomic E-state index is -4.71. The van der Waals surface area contributed by atoms with Gasteiger partial charge in [-0.3, -0.25) is 0 Å². The van der Waals surface area contributed by atoms with Gasteiger partial charge in [0.05, 0.1) is 16.9 Å². The second-order valence-electron chi connectivity index (χ2n) is 4.04. The van der Waals surface area contributed by atoms with E-state index >= 15 is 0 Å². The van der Waals surface area contributed by atoms with Gasteiger partial charge in [0, 0.05) is 0 Å². The van der Waals surface area contributed by atoms with Gasteiger partial charge >= 0.3 is 6.18 Å². The zero-order valence-corrected chi connectivity index (χ0v) is 9.63. The van der Waals surface area contributed by atoms with E-state index in [0.29, 0.717) is 22.9 Å². The number of benzene rings is 2. The highest BCUT2D eigenvalue weighted by atomic mass is 19.4. The molecule has 0 unspecified atom stereocenters. The van der Waals surface area contributed by atoms with Crippen molar-refractivity contribution in [2.75, 3.05) is 11.5 Å². The minimum Gasteiger partial charge on any atom is -0.397 e. The molecular weight excluding hydrogens is 260 g/mol. The maximum absolute atomic E-state index is 13.4. The van der Waals surface area contributed by atoms with Gasteiger partial charge < -0.3 is 11.5 Å². The molecule has 0 amide bonds. The fourth-order valence-electron chi connectivity index (χ4n) is 1.68. The van der Waals surface area contributed by atoms with Gasteiger partial charge in [-0.2, -0.15) is 13.2 Å². The summed E-state index contributed by atoms with van der Waals surface area (Å²) in [4.78, 5) is 0. The molecule has 0 aliphatic heterocycles. The molecule has 0 atom stereocenters. The average Bonchev–Trinajstić information content (AvgIpc) is 2.31. The van der Waals surface area contributed by atoms with Gasteiger partial charge in [-0.1, -0.05) is 12.1 Å². The quantitative estimate of drug-likeness (QED) is 0.613. The molecule has 0 heterocycles. The lowest BCUT2D eigenvalue weighted by molar-refractivity contribution is -0.139. The molecule has 2 aromatic rings. The van der Waals surface area contributed by atoms with Gasteiger partial charge in [-0.15, -0.1) is 0 Å². The third-order valence-electron chi connectivity index (χ3n) is 2.69. The lowest BCUT2D eigenvalue weighted by Gasteiger charge is -2.10. The number of alkyl halides is 3. The molecule has 0 saturated heterocycles. The molecule has 19 heavy (non-hydrogen) atoms. The highest BCUT2D eigenvalue weighted by molar-refractivity contribution is 5.74. The molecule has 0 saturated carbocycles. The Morgan fingerprint density at radius 2 is 1.37 bits per heavy atom. The molecule has 0 bridgehead atoms. The summed E-state index contributed by atoms with van der Waals surface area (Å²) >= 11 is 0. The van der Waals surface area contributed by atoms with E-state index in [1.54, 1.807) is 6.07 Å². The largest absolute Gasteiger partial charge is 0.419 e. The third kappa shape index (κ3) is 2.62. The monoisotopic (exact) mass is 270 g/mol. The highest BCUT2D eigenvalue weighted by Gasteiger charge is 2.33. The highest BCUT2D eigenvalue weighted by Crippen LogP contribution is 2.34. The standard InChI is InChI=1S/C13H10F4N2/c14-10-5-7(1-3-9(10)13(15,16)17)8-2-4-11(18)12(19)6-8/h1-6H,18-19H2. The van der Waals surface area contributed by atoms with Crippen LogP contribution in [0.1, 0.15) is 5.56 Å². The van der Waals surface area contributed by atoms with Crippen molar-refractivity contribution in [3.05, 3.63) is 47.8 Å². The second-order valence-corrected chi connectivity index (χ2v) is 4.04. The predicted octanol–water partition coefficient (Wildman–Crippen LogP) is 3.68. The molecule has 2 rings (SSSR count). The fraction of sp³-hybridized carbons (Fsp3) is 0.0769. The van der Waals surface area contributed by atoms with Crippen molar-refractivity contribution in [1.82, 2.24) is 0 Å². The molecule has 2 aromatic carbocycles. The molecular formula is C13H10F4N2. The van der Waals surface area contributed by atoms with Gasteiger partial charge in [0.25, 0.3) is 0 Å². The van der Waals surface area contributed by atoms with E-state index in [1.165, 1.54) is 18.2 Å². The number of rotatable bonds is 1. The van der Waals surface area contributed by atoms with Gasteiger partial charge in [0.15, 0.2) is 0 Å². The van der Waals surface area contributed by atoms with E-state index < -0.39 is 17.6 Å². The van der Waals surface area contributed by atoms with Crippen LogP contribution in [-0.4, -0.2) is 0 Å². The van der Waals surface area contributed by atoms with Crippen molar-refractivity contribution in [2.24, 2.45) is 0 Å². The lowest BCUT2D eigenvalue weighted by Crippen LogP contribution is -2.07. The number of hydrogen-bond donors (Lipinski definition) is 2. The molecule has 0 aliphatic carbocycles. The Morgan fingerprint density at radius 1 is 0.789 bits per heavy atom. The van der Waals surface area contributed by atoms with Crippen LogP contribution in [0.4, 0.5) is 28.9 Å². The summed E-state index contributed by atoms with van der Waals surface area (Å²) in [6.07, 6.45) is -4.71. The van der Waals surface area contributed by atoms with E-state index in [2.05, 4.69) is 0 Å². The Morgan fingerprint density at radius 3 is 1.89 bits per heavy atom. The summed E-state index contributed by atoms with van der Waals surface area (Å²) in [5.74, 6) is -1.32. The zero-order valence-electron chi connectivity index (χ0n) is 9.63. The summed E-state index contributed by atoms with van der Waals surface area (Å²) in [7, 11) is 0. The maximum Gasteiger partial charge on any atom is 0.419 e. The first-order valence-electron chi connectivity index (χ1n) is 5.31. The van der Waals surface area contributed by atoms with Crippen molar-refractivity contribution in [2.45, 2.75) is 6.18 Å². The Bertz CT molecular complexity index is 621. The van der Waals surface area contributed by atoms with Crippen molar-refractivity contribution < 1.29 is 17.6 Å². The molecule has 0 aliphatic rings. The molecule has 0 fully saturated rings. The van der Waals surface area contributed by atoms with Gasteiger partial charge in [-0.05, 0) is 35.4 Å². The normalized spacial score (nSPS) is 11.6. The maximum atomic E-state index is 13.4. The Kier molecular flexibility index (Phi) is 3.09. The molecule has 6 heteroatoms.